The number of methoxy groups -OCH3 is 1. The van der Waals surface area contributed by atoms with Crippen molar-refractivity contribution in [3.05, 3.63) is 76.9 Å². The first-order valence-corrected chi connectivity index (χ1v) is 10.6. The molecule has 2 aromatic carbocycles. The maximum atomic E-state index is 5.23. The number of guanidine groups is 1. The molecule has 0 bridgehead atoms. The maximum absolute atomic E-state index is 5.23. The molecule has 0 aliphatic carbocycles. The minimum Gasteiger partial charge on any atom is -0.497 e. The van der Waals surface area contributed by atoms with Crippen molar-refractivity contribution in [2.75, 3.05) is 13.7 Å². The van der Waals surface area contributed by atoms with Crippen LogP contribution < -0.4 is 15.4 Å². The summed E-state index contributed by atoms with van der Waals surface area (Å²) in [5, 5.41) is 15.3. The van der Waals surface area contributed by atoms with Crippen LogP contribution >= 0.6 is 24.0 Å². The summed E-state index contributed by atoms with van der Waals surface area (Å²) in [7, 11) is 3.64. The molecule has 3 rings (SSSR count). The van der Waals surface area contributed by atoms with Crippen molar-refractivity contribution in [3.8, 4) is 5.75 Å². The fourth-order valence-corrected chi connectivity index (χ4v) is 3.36. The summed E-state index contributed by atoms with van der Waals surface area (Å²) in [5.74, 6) is 3.33. The molecule has 0 aliphatic heterocycles. The molecule has 0 fully saturated rings. The summed E-state index contributed by atoms with van der Waals surface area (Å²) in [6.45, 7) is 7.43. The van der Waals surface area contributed by atoms with Gasteiger partial charge in [0.1, 0.15) is 18.1 Å². The van der Waals surface area contributed by atoms with E-state index < -0.39 is 0 Å². The maximum Gasteiger partial charge on any atom is 0.192 e. The van der Waals surface area contributed by atoms with E-state index in [1.165, 1.54) is 16.7 Å². The molecule has 0 saturated heterocycles. The Bertz CT molecular complexity index is 1020. The van der Waals surface area contributed by atoms with Gasteiger partial charge in [-0.15, -0.1) is 34.2 Å². The van der Waals surface area contributed by atoms with Crippen LogP contribution in [0, 0.1) is 13.8 Å². The van der Waals surface area contributed by atoms with Gasteiger partial charge >= 0.3 is 0 Å². The number of benzene rings is 2. The molecule has 1 aromatic heterocycles. The molecule has 8 heteroatoms. The highest BCUT2D eigenvalue weighted by Crippen LogP contribution is 2.16. The normalized spacial score (nSPS) is 12.1. The number of halogens is 1. The van der Waals surface area contributed by atoms with Gasteiger partial charge in [-0.3, -0.25) is 0 Å². The molecular weight excluding hydrogens is 515 g/mol. The molecule has 3 aromatic rings. The van der Waals surface area contributed by atoms with Crippen LogP contribution in [0.4, 0.5) is 0 Å². The zero-order chi connectivity index (χ0) is 22.2. The molecule has 32 heavy (non-hydrogen) atoms. The van der Waals surface area contributed by atoms with Crippen LogP contribution in [0.3, 0.4) is 0 Å². The average Bonchev–Trinajstić information content (AvgIpc) is 3.10. The van der Waals surface area contributed by atoms with E-state index in [1.54, 1.807) is 7.11 Å². The van der Waals surface area contributed by atoms with E-state index in [0.29, 0.717) is 6.54 Å². The summed E-state index contributed by atoms with van der Waals surface area (Å²) in [4.78, 5) is 4.77. The van der Waals surface area contributed by atoms with E-state index in [9.17, 15) is 0 Å². The second-order valence-electron chi connectivity index (χ2n) is 7.63. The van der Waals surface area contributed by atoms with Crippen LogP contribution in [-0.2, 0) is 20.0 Å². The van der Waals surface area contributed by atoms with Crippen LogP contribution in [0.5, 0.6) is 5.75 Å². The lowest BCUT2D eigenvalue weighted by Gasteiger charge is -2.20. The number of aliphatic imine (C=N–C) groups is 1. The van der Waals surface area contributed by atoms with E-state index in [0.717, 1.165) is 36.3 Å². The van der Waals surface area contributed by atoms with Gasteiger partial charge in [-0.1, -0.05) is 36.4 Å². The quantitative estimate of drug-likeness (QED) is 0.252. The molecule has 7 nitrogen and oxygen atoms in total. The number of nitrogens with zero attached hydrogens (tertiary/aromatic N) is 4. The first-order valence-electron chi connectivity index (χ1n) is 10.6. The number of hydrogen-bond acceptors (Lipinski definition) is 4. The van der Waals surface area contributed by atoms with Gasteiger partial charge < -0.3 is 19.9 Å². The topological polar surface area (TPSA) is 76.4 Å². The number of hydrogen-bond donors (Lipinski definition) is 2. The van der Waals surface area contributed by atoms with Gasteiger partial charge in [0.15, 0.2) is 11.8 Å². The minimum atomic E-state index is 0. The Morgan fingerprint density at radius 2 is 1.81 bits per heavy atom. The monoisotopic (exact) mass is 548 g/mol. The minimum absolute atomic E-state index is 0. The molecule has 0 spiro atoms. The Kier molecular flexibility index (Phi) is 9.96. The van der Waals surface area contributed by atoms with Crippen molar-refractivity contribution in [1.29, 1.82) is 0 Å². The van der Waals surface area contributed by atoms with E-state index in [1.807, 2.05) is 30.7 Å². The smallest absolute Gasteiger partial charge is 0.192 e. The molecule has 0 aliphatic rings. The standard InChI is InChI=1S/C24H32N6O.HI/c1-17-8-6-7-9-22(17)18(2)27-24(26-16-23-29-28-19(3)30(23)4)25-15-14-20-10-12-21(31-5)13-11-20;/h6-13,18H,14-16H2,1-5H3,(H2,25,26,27);1H. The van der Waals surface area contributed by atoms with Crippen molar-refractivity contribution in [3.63, 3.8) is 0 Å². The van der Waals surface area contributed by atoms with Crippen molar-refractivity contribution < 1.29 is 4.74 Å². The molecule has 1 unspecified atom stereocenters. The molecule has 1 atom stereocenters. The highest BCUT2D eigenvalue weighted by Gasteiger charge is 2.11. The lowest BCUT2D eigenvalue weighted by Crippen LogP contribution is -2.40. The summed E-state index contributed by atoms with van der Waals surface area (Å²) in [6, 6.07) is 16.7. The van der Waals surface area contributed by atoms with Crippen LogP contribution in [-0.4, -0.2) is 34.4 Å². The molecule has 1 heterocycles. The van der Waals surface area contributed by atoms with Crippen molar-refractivity contribution in [1.82, 2.24) is 25.4 Å². The summed E-state index contributed by atoms with van der Waals surface area (Å²) >= 11 is 0. The highest BCUT2D eigenvalue weighted by molar-refractivity contribution is 14.0. The number of aromatic nitrogens is 3. The zero-order valence-electron chi connectivity index (χ0n) is 19.4. The van der Waals surface area contributed by atoms with Gasteiger partial charge in [0.05, 0.1) is 13.2 Å². The Morgan fingerprint density at radius 3 is 2.44 bits per heavy atom. The third kappa shape index (κ3) is 6.94. The SMILES string of the molecule is COc1ccc(CCNC(=NCc2nnc(C)n2C)NC(C)c2ccccc2C)cc1.I. The van der Waals surface area contributed by atoms with Gasteiger partial charge in [-0.25, -0.2) is 4.99 Å². The summed E-state index contributed by atoms with van der Waals surface area (Å²) in [6.07, 6.45) is 0.881. The second-order valence-corrected chi connectivity index (χ2v) is 7.63. The highest BCUT2D eigenvalue weighted by atomic mass is 127. The van der Waals surface area contributed by atoms with E-state index in [2.05, 4.69) is 71.1 Å². The lowest BCUT2D eigenvalue weighted by molar-refractivity contribution is 0.414. The molecule has 2 N–H and O–H groups in total. The van der Waals surface area contributed by atoms with Crippen molar-refractivity contribution in [2.24, 2.45) is 12.0 Å². The fraction of sp³-hybridized carbons (Fsp3) is 0.375. The van der Waals surface area contributed by atoms with E-state index in [4.69, 9.17) is 9.73 Å². The number of nitrogens with one attached hydrogen (secondary N) is 2. The number of ether oxygens (including phenoxy) is 1. The van der Waals surface area contributed by atoms with E-state index in [-0.39, 0.29) is 30.0 Å². The van der Waals surface area contributed by atoms with Crippen LogP contribution in [0.2, 0.25) is 0 Å². The lowest BCUT2D eigenvalue weighted by atomic mass is 10.0. The molecule has 0 radical (unpaired) electrons. The van der Waals surface area contributed by atoms with E-state index >= 15 is 0 Å². The molecule has 0 amide bonds. The Morgan fingerprint density at radius 1 is 1.09 bits per heavy atom. The van der Waals surface area contributed by atoms with Crippen LogP contribution in [0.25, 0.3) is 0 Å². The van der Waals surface area contributed by atoms with Gasteiger partial charge in [-0.2, -0.15) is 0 Å². The zero-order valence-corrected chi connectivity index (χ0v) is 21.8. The van der Waals surface area contributed by atoms with Crippen LogP contribution in [0.15, 0.2) is 53.5 Å². The Labute approximate surface area is 207 Å². The predicted octanol–water partition coefficient (Wildman–Crippen LogP) is 4.10. The van der Waals surface area contributed by atoms with Gasteiger partial charge in [0.25, 0.3) is 0 Å². The van der Waals surface area contributed by atoms with Crippen molar-refractivity contribution in [2.45, 2.75) is 39.8 Å². The average molecular weight is 548 g/mol. The fourth-order valence-electron chi connectivity index (χ4n) is 3.36. The molecular formula is C24H33IN6O. The largest absolute Gasteiger partial charge is 0.497 e. The van der Waals surface area contributed by atoms with Gasteiger partial charge in [0.2, 0.25) is 0 Å². The third-order valence-electron chi connectivity index (χ3n) is 5.43. The molecule has 0 saturated carbocycles. The Hall–Kier alpha value is -2.62. The van der Waals surface area contributed by atoms with Crippen molar-refractivity contribution >= 4 is 29.9 Å². The number of rotatable bonds is 8. The second kappa shape index (κ2) is 12.4. The first kappa shape index (κ1) is 25.6. The Balaban J connectivity index is 0.00000363. The van der Waals surface area contributed by atoms with Gasteiger partial charge in [0, 0.05) is 13.6 Å². The third-order valence-corrected chi connectivity index (χ3v) is 5.43. The number of aryl methyl sites for hydroxylation is 2. The van der Waals surface area contributed by atoms with Crippen LogP contribution in [0.1, 0.15) is 41.3 Å². The molecule has 172 valence electrons. The summed E-state index contributed by atoms with van der Waals surface area (Å²) < 4.78 is 7.20. The predicted molar refractivity (Wildman–Crippen MR) is 140 cm³/mol. The first-order chi connectivity index (χ1) is 15.0. The van der Waals surface area contributed by atoms with Gasteiger partial charge in [-0.05, 0) is 56.0 Å². The summed E-state index contributed by atoms with van der Waals surface area (Å²) in [5.41, 5.74) is 3.74.